The highest BCUT2D eigenvalue weighted by Crippen LogP contribution is 2.24. The Labute approximate surface area is 119 Å². The lowest BCUT2D eigenvalue weighted by Gasteiger charge is -2.05. The molecule has 19 heavy (non-hydrogen) atoms. The highest BCUT2D eigenvalue weighted by molar-refractivity contribution is 7.90. The van der Waals surface area contributed by atoms with Gasteiger partial charge in [-0.05, 0) is 29.6 Å². The van der Waals surface area contributed by atoms with Crippen molar-refractivity contribution in [2.75, 3.05) is 0 Å². The zero-order chi connectivity index (χ0) is 14.0. The van der Waals surface area contributed by atoms with Gasteiger partial charge in [0.15, 0.2) is 9.84 Å². The molecule has 0 spiro atoms. The highest BCUT2D eigenvalue weighted by Gasteiger charge is 2.18. The average Bonchev–Trinajstić information content (AvgIpc) is 2.80. The number of carbonyl (C=O) groups is 1. The van der Waals surface area contributed by atoms with Crippen molar-refractivity contribution in [2.24, 2.45) is 0 Å². The molecule has 1 N–H and O–H groups in total. The van der Waals surface area contributed by atoms with Crippen LogP contribution in [0.5, 0.6) is 0 Å². The number of thiophene rings is 1. The van der Waals surface area contributed by atoms with Gasteiger partial charge in [-0.3, -0.25) is 0 Å². The number of hydrogen-bond donors (Lipinski definition) is 1. The van der Waals surface area contributed by atoms with Gasteiger partial charge in [-0.15, -0.1) is 11.3 Å². The third kappa shape index (κ3) is 3.15. The Kier molecular flexibility index (Phi) is 3.93. The SMILES string of the molecule is O=C(O)c1ccc(S(=O)(=O)Cc2cccs2)cc1Cl. The lowest BCUT2D eigenvalue weighted by molar-refractivity contribution is 0.0697. The first-order valence-electron chi connectivity index (χ1n) is 5.18. The molecule has 0 saturated carbocycles. The first kappa shape index (κ1) is 14.0. The normalized spacial score (nSPS) is 11.4. The maximum atomic E-state index is 12.1. The van der Waals surface area contributed by atoms with E-state index in [0.717, 1.165) is 4.88 Å². The Hall–Kier alpha value is -1.37. The summed E-state index contributed by atoms with van der Waals surface area (Å²) in [6.45, 7) is 0. The second-order valence-corrected chi connectivity index (χ2v) is 7.21. The molecule has 100 valence electrons. The van der Waals surface area contributed by atoms with Crippen molar-refractivity contribution in [1.82, 2.24) is 0 Å². The third-order valence-corrected chi connectivity index (χ3v) is 5.48. The standard InChI is InChI=1S/C12H9ClO4S2/c13-11-6-9(3-4-10(11)12(14)15)19(16,17)7-8-2-1-5-18-8/h1-6H,7H2,(H,14,15). The van der Waals surface area contributed by atoms with E-state index in [9.17, 15) is 13.2 Å². The molecule has 0 saturated heterocycles. The first-order valence-corrected chi connectivity index (χ1v) is 8.09. The Morgan fingerprint density at radius 3 is 2.58 bits per heavy atom. The summed E-state index contributed by atoms with van der Waals surface area (Å²) < 4.78 is 24.3. The van der Waals surface area contributed by atoms with Gasteiger partial charge in [0, 0.05) is 4.88 Å². The Balaban J connectivity index is 2.36. The van der Waals surface area contributed by atoms with Crippen LogP contribution in [0.4, 0.5) is 0 Å². The fourth-order valence-electron chi connectivity index (χ4n) is 1.53. The van der Waals surface area contributed by atoms with Crippen molar-refractivity contribution in [3.8, 4) is 0 Å². The fourth-order valence-corrected chi connectivity index (χ4v) is 4.29. The van der Waals surface area contributed by atoms with E-state index < -0.39 is 15.8 Å². The topological polar surface area (TPSA) is 71.4 Å². The van der Waals surface area contributed by atoms with E-state index in [0.29, 0.717) is 0 Å². The summed E-state index contributed by atoms with van der Waals surface area (Å²) >= 11 is 7.12. The number of carboxylic acid groups (broad SMARTS) is 1. The minimum absolute atomic E-state index is 0.0240. The van der Waals surface area contributed by atoms with Crippen LogP contribution in [-0.4, -0.2) is 19.5 Å². The zero-order valence-electron chi connectivity index (χ0n) is 9.54. The summed E-state index contributed by atoms with van der Waals surface area (Å²) in [5, 5.41) is 10.5. The molecule has 2 rings (SSSR count). The molecule has 0 amide bonds. The molecule has 0 aliphatic carbocycles. The number of hydrogen-bond acceptors (Lipinski definition) is 4. The summed E-state index contributed by atoms with van der Waals surface area (Å²) in [6.07, 6.45) is 0. The van der Waals surface area contributed by atoms with Gasteiger partial charge in [-0.25, -0.2) is 13.2 Å². The van der Waals surface area contributed by atoms with E-state index >= 15 is 0 Å². The molecule has 1 aromatic heterocycles. The second kappa shape index (κ2) is 5.32. The van der Waals surface area contributed by atoms with E-state index in [2.05, 4.69) is 0 Å². The van der Waals surface area contributed by atoms with Gasteiger partial charge in [-0.2, -0.15) is 0 Å². The Bertz CT molecular complexity index is 705. The molecule has 2 aromatic rings. The maximum Gasteiger partial charge on any atom is 0.337 e. The highest BCUT2D eigenvalue weighted by atomic mass is 35.5. The quantitative estimate of drug-likeness (QED) is 0.941. The summed E-state index contributed by atoms with van der Waals surface area (Å²) in [4.78, 5) is 11.6. The van der Waals surface area contributed by atoms with Crippen LogP contribution >= 0.6 is 22.9 Å². The van der Waals surface area contributed by atoms with Crippen molar-refractivity contribution < 1.29 is 18.3 Å². The largest absolute Gasteiger partial charge is 0.478 e. The van der Waals surface area contributed by atoms with Crippen molar-refractivity contribution in [2.45, 2.75) is 10.6 Å². The van der Waals surface area contributed by atoms with Crippen LogP contribution in [0.15, 0.2) is 40.6 Å². The van der Waals surface area contributed by atoms with Crippen LogP contribution in [0.1, 0.15) is 15.2 Å². The molecule has 0 aliphatic rings. The van der Waals surface area contributed by atoms with Crippen LogP contribution in [-0.2, 0) is 15.6 Å². The van der Waals surface area contributed by atoms with Gasteiger partial charge in [0.25, 0.3) is 0 Å². The fraction of sp³-hybridized carbons (Fsp3) is 0.0833. The molecule has 0 atom stereocenters. The molecular weight excluding hydrogens is 308 g/mol. The lowest BCUT2D eigenvalue weighted by atomic mass is 10.2. The van der Waals surface area contributed by atoms with Gasteiger partial charge in [-0.1, -0.05) is 17.7 Å². The maximum absolute atomic E-state index is 12.1. The van der Waals surface area contributed by atoms with Crippen molar-refractivity contribution in [3.63, 3.8) is 0 Å². The molecule has 0 radical (unpaired) electrons. The minimum atomic E-state index is -3.52. The van der Waals surface area contributed by atoms with Gasteiger partial charge in [0.1, 0.15) is 0 Å². The number of aromatic carboxylic acids is 1. The monoisotopic (exact) mass is 316 g/mol. The predicted molar refractivity (Wildman–Crippen MR) is 73.6 cm³/mol. The first-order chi connectivity index (χ1) is 8.90. The molecule has 1 aromatic carbocycles. The van der Waals surface area contributed by atoms with E-state index in [-0.39, 0.29) is 21.2 Å². The van der Waals surface area contributed by atoms with E-state index in [1.807, 2.05) is 0 Å². The molecule has 0 fully saturated rings. The third-order valence-electron chi connectivity index (χ3n) is 2.44. The van der Waals surface area contributed by atoms with E-state index in [4.69, 9.17) is 16.7 Å². The smallest absolute Gasteiger partial charge is 0.337 e. The Morgan fingerprint density at radius 2 is 2.05 bits per heavy atom. The number of rotatable bonds is 4. The average molecular weight is 317 g/mol. The van der Waals surface area contributed by atoms with Crippen LogP contribution in [0.25, 0.3) is 0 Å². The number of carboxylic acids is 1. The lowest BCUT2D eigenvalue weighted by Crippen LogP contribution is -2.05. The van der Waals surface area contributed by atoms with Crippen molar-refractivity contribution in [1.29, 1.82) is 0 Å². The van der Waals surface area contributed by atoms with Crippen LogP contribution in [0, 0.1) is 0 Å². The molecule has 4 nitrogen and oxygen atoms in total. The number of sulfone groups is 1. The van der Waals surface area contributed by atoms with Gasteiger partial charge in [0.05, 0.1) is 21.2 Å². The van der Waals surface area contributed by atoms with E-state index in [1.54, 1.807) is 17.5 Å². The number of benzene rings is 1. The van der Waals surface area contributed by atoms with E-state index in [1.165, 1.54) is 29.5 Å². The molecule has 1 heterocycles. The molecule has 0 aliphatic heterocycles. The molecule has 7 heteroatoms. The summed E-state index contributed by atoms with van der Waals surface area (Å²) in [5.41, 5.74) is -0.114. The Morgan fingerprint density at radius 1 is 1.32 bits per heavy atom. The second-order valence-electron chi connectivity index (χ2n) is 3.79. The zero-order valence-corrected chi connectivity index (χ0v) is 11.9. The molecule has 0 unspecified atom stereocenters. The summed E-state index contributed by atoms with van der Waals surface area (Å²) in [5.74, 6) is -1.31. The molecular formula is C12H9ClO4S2. The summed E-state index contributed by atoms with van der Waals surface area (Å²) in [6, 6.07) is 7.14. The predicted octanol–water partition coefficient (Wildman–Crippen LogP) is 3.07. The summed E-state index contributed by atoms with van der Waals surface area (Å²) in [7, 11) is -3.52. The number of halogens is 1. The van der Waals surface area contributed by atoms with Crippen LogP contribution in [0.2, 0.25) is 5.02 Å². The van der Waals surface area contributed by atoms with Crippen molar-refractivity contribution in [3.05, 3.63) is 51.2 Å². The van der Waals surface area contributed by atoms with Gasteiger partial charge in [0.2, 0.25) is 0 Å². The van der Waals surface area contributed by atoms with Crippen molar-refractivity contribution >= 4 is 38.7 Å². The minimum Gasteiger partial charge on any atom is -0.478 e. The van der Waals surface area contributed by atoms with Gasteiger partial charge >= 0.3 is 5.97 Å². The van der Waals surface area contributed by atoms with Crippen LogP contribution < -0.4 is 0 Å². The van der Waals surface area contributed by atoms with Gasteiger partial charge < -0.3 is 5.11 Å². The molecule has 0 bridgehead atoms. The van der Waals surface area contributed by atoms with Crippen LogP contribution in [0.3, 0.4) is 0 Å².